The third kappa shape index (κ3) is 1.44. The topological polar surface area (TPSA) is 43.1 Å². The van der Waals surface area contributed by atoms with Crippen molar-refractivity contribution in [3.63, 3.8) is 0 Å². The fourth-order valence-electron chi connectivity index (χ4n) is 0.534. The highest BCUT2D eigenvalue weighted by Gasteiger charge is 2.05. The van der Waals surface area contributed by atoms with Gasteiger partial charge in [0.25, 0.3) is 0 Å². The van der Waals surface area contributed by atoms with Crippen LogP contribution in [0.2, 0.25) is 0 Å². The Balaban J connectivity index is 2.88. The van der Waals surface area contributed by atoms with Crippen LogP contribution in [-0.4, -0.2) is 10.8 Å². The second-order valence-corrected chi connectivity index (χ2v) is 2.38. The largest absolute Gasteiger partial charge is 0.447 e. The van der Waals surface area contributed by atoms with Gasteiger partial charge in [-0.25, -0.2) is 4.98 Å². The summed E-state index contributed by atoms with van der Waals surface area (Å²) in [5.74, 6) is 0.459. The van der Waals surface area contributed by atoms with Crippen LogP contribution in [0.3, 0.4) is 0 Å². The lowest BCUT2D eigenvalue weighted by Gasteiger charge is -1.80. The molecule has 0 aromatic carbocycles. The number of ketones is 1. The number of rotatable bonds is 2. The van der Waals surface area contributed by atoms with Gasteiger partial charge < -0.3 is 4.42 Å². The van der Waals surface area contributed by atoms with Crippen LogP contribution in [0, 0.1) is 0 Å². The van der Waals surface area contributed by atoms with Crippen molar-refractivity contribution in [2.45, 2.75) is 12.3 Å². The van der Waals surface area contributed by atoms with Gasteiger partial charge in [-0.05, 0) is 0 Å². The summed E-state index contributed by atoms with van der Waals surface area (Å²) in [6.07, 6.45) is 1.36. The number of hydrogen-bond acceptors (Lipinski definition) is 3. The minimum absolute atomic E-state index is 0.0732. The molecule has 1 rings (SSSR count). The van der Waals surface area contributed by atoms with Crippen LogP contribution in [0.4, 0.5) is 0 Å². The first-order valence-corrected chi connectivity index (χ1v) is 3.87. The van der Waals surface area contributed by atoms with Crippen molar-refractivity contribution >= 4 is 21.7 Å². The van der Waals surface area contributed by atoms with Crippen molar-refractivity contribution in [1.29, 1.82) is 0 Å². The molecule has 0 radical (unpaired) electrons. The highest BCUT2D eigenvalue weighted by Crippen LogP contribution is 2.05. The monoisotopic (exact) mass is 203 g/mol. The van der Waals surface area contributed by atoms with E-state index in [4.69, 9.17) is 4.42 Å². The zero-order valence-corrected chi connectivity index (χ0v) is 7.01. The van der Waals surface area contributed by atoms with Gasteiger partial charge >= 0.3 is 0 Å². The lowest BCUT2D eigenvalue weighted by molar-refractivity contribution is 0.101. The smallest absolute Gasteiger partial charge is 0.205 e. The van der Waals surface area contributed by atoms with Crippen molar-refractivity contribution in [2.24, 2.45) is 0 Å². The summed E-state index contributed by atoms with van der Waals surface area (Å²) in [4.78, 5) is 14.5. The Labute approximate surface area is 66.6 Å². The molecular formula is C6H6BrNO2. The van der Waals surface area contributed by atoms with Crippen molar-refractivity contribution in [3.8, 4) is 0 Å². The first-order valence-electron chi connectivity index (χ1n) is 2.75. The van der Waals surface area contributed by atoms with E-state index in [2.05, 4.69) is 20.9 Å². The van der Waals surface area contributed by atoms with Gasteiger partial charge in [0, 0.05) is 6.92 Å². The number of nitrogens with zero attached hydrogens (tertiary/aromatic N) is 1. The summed E-state index contributed by atoms with van der Waals surface area (Å²) in [6.45, 7) is 1.45. The maximum atomic E-state index is 10.6. The Morgan fingerprint density at radius 2 is 2.60 bits per heavy atom. The van der Waals surface area contributed by atoms with Gasteiger partial charge in [0.1, 0.15) is 12.0 Å². The summed E-state index contributed by atoms with van der Waals surface area (Å²) >= 11 is 3.15. The molecule has 0 saturated heterocycles. The van der Waals surface area contributed by atoms with Crippen LogP contribution in [0.5, 0.6) is 0 Å². The van der Waals surface area contributed by atoms with E-state index in [1.54, 1.807) is 0 Å². The lowest BCUT2D eigenvalue weighted by Crippen LogP contribution is -1.91. The van der Waals surface area contributed by atoms with E-state index in [1.165, 1.54) is 13.2 Å². The number of halogens is 1. The average molecular weight is 204 g/mol. The highest BCUT2D eigenvalue weighted by atomic mass is 79.9. The lowest BCUT2D eigenvalue weighted by atomic mass is 10.3. The first-order chi connectivity index (χ1) is 4.74. The zero-order valence-electron chi connectivity index (χ0n) is 5.43. The number of carbonyl (C=O) groups is 1. The van der Waals surface area contributed by atoms with E-state index in [9.17, 15) is 4.79 Å². The molecule has 0 bridgehead atoms. The second kappa shape index (κ2) is 2.96. The molecule has 0 aliphatic carbocycles. The van der Waals surface area contributed by atoms with E-state index in [0.717, 1.165) is 0 Å². The summed E-state index contributed by atoms with van der Waals surface area (Å²) in [5, 5.41) is 0.542. The van der Waals surface area contributed by atoms with E-state index in [-0.39, 0.29) is 5.78 Å². The van der Waals surface area contributed by atoms with Crippen LogP contribution in [-0.2, 0) is 5.33 Å². The Hall–Kier alpha value is -0.640. The highest BCUT2D eigenvalue weighted by molar-refractivity contribution is 9.08. The molecule has 3 nitrogen and oxygen atoms in total. The normalized spacial score (nSPS) is 9.80. The number of oxazole rings is 1. The number of aromatic nitrogens is 1. The van der Waals surface area contributed by atoms with Crippen molar-refractivity contribution < 1.29 is 9.21 Å². The predicted octanol–water partition coefficient (Wildman–Crippen LogP) is 1.77. The maximum Gasteiger partial charge on any atom is 0.205 e. The Morgan fingerprint density at radius 3 is 2.90 bits per heavy atom. The number of hydrogen-bond donors (Lipinski definition) is 0. The Kier molecular flexibility index (Phi) is 2.21. The second-order valence-electron chi connectivity index (χ2n) is 1.82. The maximum absolute atomic E-state index is 10.6. The van der Waals surface area contributed by atoms with Crippen LogP contribution in [0.15, 0.2) is 10.7 Å². The van der Waals surface area contributed by atoms with Crippen molar-refractivity contribution in [2.75, 3.05) is 0 Å². The molecule has 0 aliphatic rings. The molecule has 10 heavy (non-hydrogen) atoms. The quantitative estimate of drug-likeness (QED) is 0.544. The van der Waals surface area contributed by atoms with E-state index in [0.29, 0.717) is 16.9 Å². The number of alkyl halides is 1. The molecule has 0 atom stereocenters. The van der Waals surface area contributed by atoms with E-state index < -0.39 is 0 Å². The summed E-state index contributed by atoms with van der Waals surface area (Å²) in [7, 11) is 0. The molecule has 0 N–H and O–H groups in total. The zero-order chi connectivity index (χ0) is 7.56. The van der Waals surface area contributed by atoms with Gasteiger partial charge in [0.15, 0.2) is 5.78 Å². The standard InChI is InChI=1S/C6H6BrNO2/c1-4(9)5-3-10-6(2-7)8-5/h3H,2H2,1H3. The molecule has 0 fully saturated rings. The fraction of sp³-hybridized carbons (Fsp3) is 0.333. The average Bonchev–Trinajstić information content (AvgIpc) is 2.34. The molecule has 0 spiro atoms. The predicted molar refractivity (Wildman–Crippen MR) is 39.1 cm³/mol. The summed E-state index contributed by atoms with van der Waals surface area (Å²) in [5.41, 5.74) is 0.384. The van der Waals surface area contributed by atoms with Crippen LogP contribution in [0.25, 0.3) is 0 Å². The van der Waals surface area contributed by atoms with Crippen LogP contribution >= 0.6 is 15.9 Å². The molecule has 0 unspecified atom stereocenters. The van der Waals surface area contributed by atoms with Crippen molar-refractivity contribution in [1.82, 2.24) is 4.98 Å². The molecule has 0 amide bonds. The molecule has 4 heteroatoms. The van der Waals surface area contributed by atoms with Crippen LogP contribution < -0.4 is 0 Å². The van der Waals surface area contributed by atoms with E-state index >= 15 is 0 Å². The molecule has 1 heterocycles. The van der Waals surface area contributed by atoms with Gasteiger partial charge in [0.2, 0.25) is 5.89 Å². The fourth-order valence-corrected chi connectivity index (χ4v) is 0.792. The van der Waals surface area contributed by atoms with Crippen LogP contribution in [0.1, 0.15) is 23.3 Å². The molecule has 54 valence electrons. The minimum Gasteiger partial charge on any atom is -0.447 e. The van der Waals surface area contributed by atoms with Gasteiger partial charge in [-0.3, -0.25) is 4.79 Å². The molecule has 0 saturated carbocycles. The number of Topliss-reactive ketones (excluding diaryl/α,β-unsaturated/α-hetero) is 1. The third-order valence-corrected chi connectivity index (χ3v) is 1.51. The molecular weight excluding hydrogens is 198 g/mol. The first kappa shape index (κ1) is 7.47. The summed E-state index contributed by atoms with van der Waals surface area (Å²) in [6, 6.07) is 0. The van der Waals surface area contributed by atoms with E-state index in [1.807, 2.05) is 0 Å². The van der Waals surface area contributed by atoms with Gasteiger partial charge in [-0.15, -0.1) is 0 Å². The molecule has 1 aromatic rings. The molecule has 0 aliphatic heterocycles. The van der Waals surface area contributed by atoms with Crippen molar-refractivity contribution in [3.05, 3.63) is 17.8 Å². The SMILES string of the molecule is CC(=O)c1coc(CBr)n1. The Morgan fingerprint density at radius 1 is 1.90 bits per heavy atom. The van der Waals surface area contributed by atoms with Gasteiger partial charge in [0.05, 0.1) is 5.33 Å². The third-order valence-electron chi connectivity index (χ3n) is 1.03. The van der Waals surface area contributed by atoms with Gasteiger partial charge in [-0.2, -0.15) is 0 Å². The molecule has 1 aromatic heterocycles. The minimum atomic E-state index is -0.0732. The number of carbonyl (C=O) groups excluding carboxylic acids is 1. The van der Waals surface area contributed by atoms with Gasteiger partial charge in [-0.1, -0.05) is 15.9 Å². The Bertz CT molecular complexity index is 244. The summed E-state index contributed by atoms with van der Waals surface area (Å²) < 4.78 is 4.90.